The Kier molecular flexibility index (Phi) is 6.83. The van der Waals surface area contributed by atoms with E-state index in [9.17, 15) is 14.4 Å². The van der Waals surface area contributed by atoms with Crippen molar-refractivity contribution < 1.29 is 14.4 Å². The van der Waals surface area contributed by atoms with Gasteiger partial charge in [0.25, 0.3) is 0 Å². The number of hydroxylamine groups is 2. The zero-order valence-corrected chi connectivity index (χ0v) is 18.0. The van der Waals surface area contributed by atoms with Gasteiger partial charge in [-0.3, -0.25) is 5.21 Å². The number of rotatable bonds is 5. The minimum Gasteiger partial charge on any atom is -0.333 e. The van der Waals surface area contributed by atoms with Gasteiger partial charge in [-0.2, -0.15) is 5.06 Å². The van der Waals surface area contributed by atoms with Crippen LogP contribution in [0.5, 0.6) is 0 Å². The number of thioether (sulfide) groups is 1. The first-order chi connectivity index (χ1) is 13.3. The second-order valence-electron chi connectivity index (χ2n) is 8.01. The molecule has 2 N–H and O–H groups in total. The number of benzene rings is 1. The molecule has 3 rings (SSSR count). The van der Waals surface area contributed by atoms with E-state index in [0.717, 1.165) is 30.7 Å². The van der Waals surface area contributed by atoms with Crippen LogP contribution < -0.4 is 5.32 Å². The molecular formula is C20H28FN3O2S2. The van der Waals surface area contributed by atoms with Gasteiger partial charge in [-0.15, -0.1) is 0 Å². The van der Waals surface area contributed by atoms with Crippen molar-refractivity contribution >= 4 is 34.3 Å². The molecule has 5 nitrogen and oxygen atoms in total. The minimum absolute atomic E-state index is 0.104. The van der Waals surface area contributed by atoms with Crippen LogP contribution in [0.2, 0.25) is 0 Å². The second kappa shape index (κ2) is 8.97. The van der Waals surface area contributed by atoms with Gasteiger partial charge < -0.3 is 10.2 Å². The molecule has 0 aromatic heterocycles. The first-order valence-corrected chi connectivity index (χ1v) is 11.0. The lowest BCUT2D eigenvalue weighted by Gasteiger charge is -2.37. The number of urea groups is 1. The molecule has 2 amide bonds. The highest BCUT2D eigenvalue weighted by Crippen LogP contribution is 2.42. The van der Waals surface area contributed by atoms with Crippen molar-refractivity contribution in [3.63, 3.8) is 0 Å². The summed E-state index contributed by atoms with van der Waals surface area (Å²) in [5, 5.41) is 14.5. The molecule has 1 heterocycles. The molecule has 28 heavy (non-hydrogen) atoms. The van der Waals surface area contributed by atoms with Crippen molar-refractivity contribution in [1.82, 2.24) is 15.3 Å². The van der Waals surface area contributed by atoms with E-state index in [1.165, 1.54) is 24.2 Å². The summed E-state index contributed by atoms with van der Waals surface area (Å²) < 4.78 is 14.1. The van der Waals surface area contributed by atoms with E-state index in [2.05, 4.69) is 5.32 Å². The molecule has 154 valence electrons. The van der Waals surface area contributed by atoms with Gasteiger partial charge in [-0.1, -0.05) is 61.4 Å². The molecule has 2 fully saturated rings. The highest BCUT2D eigenvalue weighted by atomic mass is 32.2. The first kappa shape index (κ1) is 21.3. The van der Waals surface area contributed by atoms with Crippen LogP contribution in [0.25, 0.3) is 0 Å². The molecule has 1 aromatic rings. The normalized spacial score (nSPS) is 22.4. The number of hydrogen-bond donors (Lipinski definition) is 2. The molecule has 1 aliphatic heterocycles. The summed E-state index contributed by atoms with van der Waals surface area (Å²) in [5.41, 5.74) is 0.593. The van der Waals surface area contributed by atoms with E-state index < -0.39 is 16.9 Å². The molecule has 1 aliphatic carbocycles. The fourth-order valence-corrected chi connectivity index (χ4v) is 5.92. The third-order valence-corrected chi connectivity index (χ3v) is 7.08. The number of nitrogens with zero attached hydrogens (tertiary/aromatic N) is 2. The summed E-state index contributed by atoms with van der Waals surface area (Å²) in [6, 6.07) is 6.25. The fourth-order valence-electron chi connectivity index (χ4n) is 3.99. The minimum atomic E-state index is -0.611. The number of nitrogens with one attached hydrogen (secondary N) is 1. The number of thiocarbonyl (C=S) groups is 1. The molecular weight excluding hydrogens is 397 g/mol. The van der Waals surface area contributed by atoms with Gasteiger partial charge in [0, 0.05) is 12.6 Å². The van der Waals surface area contributed by atoms with Crippen molar-refractivity contribution in [3.8, 4) is 0 Å². The Hall–Kier alpha value is -1.38. The van der Waals surface area contributed by atoms with Gasteiger partial charge in [0.2, 0.25) is 0 Å². The predicted molar refractivity (Wildman–Crippen MR) is 114 cm³/mol. The van der Waals surface area contributed by atoms with Crippen LogP contribution >= 0.6 is 24.0 Å². The van der Waals surface area contributed by atoms with Gasteiger partial charge >= 0.3 is 6.03 Å². The number of halogens is 1. The van der Waals surface area contributed by atoms with Gasteiger partial charge in [-0.05, 0) is 44.7 Å². The zero-order chi connectivity index (χ0) is 20.3. The highest BCUT2D eigenvalue weighted by Gasteiger charge is 2.49. The van der Waals surface area contributed by atoms with E-state index in [1.54, 1.807) is 18.2 Å². The lowest BCUT2D eigenvalue weighted by Crippen LogP contribution is -2.58. The van der Waals surface area contributed by atoms with E-state index in [0.29, 0.717) is 22.8 Å². The first-order valence-electron chi connectivity index (χ1n) is 9.81. The third-order valence-electron chi connectivity index (χ3n) is 5.45. The number of carbonyl (C=O) groups excluding carboxylic acids is 1. The molecule has 1 saturated carbocycles. The molecule has 0 spiro atoms. The number of carbonyl (C=O) groups is 1. The standard InChI is InChI=1S/C20H28FN3O2S2/c1-20(2)17(24(26)18(25)22-15-9-4-3-5-10-15)23(19(27)28-20)13-12-14-8-6-7-11-16(14)21/h6-8,11,15,17,26H,3-5,9-10,12-13H2,1-2H3,(H,22,25)/t17-/m1/s1. The molecule has 0 unspecified atom stereocenters. The SMILES string of the molecule is CC1(C)SC(=S)N(CCc2ccccc2F)[C@@H]1N(O)C(=O)NC1CCCCC1. The Morgan fingerprint density at radius 2 is 2.04 bits per heavy atom. The van der Waals surface area contributed by atoms with E-state index in [4.69, 9.17) is 12.2 Å². The lowest BCUT2D eigenvalue weighted by molar-refractivity contribution is -0.119. The average Bonchev–Trinajstić information content (AvgIpc) is 2.89. The van der Waals surface area contributed by atoms with Crippen LogP contribution in [0.4, 0.5) is 9.18 Å². The van der Waals surface area contributed by atoms with Crippen molar-refractivity contribution in [3.05, 3.63) is 35.6 Å². The molecule has 0 bridgehead atoms. The van der Waals surface area contributed by atoms with Gasteiger partial charge in [-0.25, -0.2) is 9.18 Å². The maximum absolute atomic E-state index is 14.0. The molecule has 1 aromatic carbocycles. The summed E-state index contributed by atoms with van der Waals surface area (Å²) in [4.78, 5) is 14.5. The summed E-state index contributed by atoms with van der Waals surface area (Å²) in [7, 11) is 0. The van der Waals surface area contributed by atoms with Crippen molar-refractivity contribution in [1.29, 1.82) is 0 Å². The maximum Gasteiger partial charge on any atom is 0.343 e. The lowest BCUT2D eigenvalue weighted by atomic mass is 9.96. The van der Waals surface area contributed by atoms with Crippen LogP contribution in [-0.2, 0) is 6.42 Å². The molecule has 2 aliphatic rings. The molecule has 8 heteroatoms. The Bertz CT molecular complexity index is 725. The van der Waals surface area contributed by atoms with Crippen LogP contribution in [0.3, 0.4) is 0 Å². The smallest absolute Gasteiger partial charge is 0.333 e. The Labute approximate surface area is 175 Å². The molecule has 0 radical (unpaired) electrons. The second-order valence-corrected chi connectivity index (χ2v) is 10.3. The van der Waals surface area contributed by atoms with E-state index in [-0.39, 0.29) is 11.9 Å². The topological polar surface area (TPSA) is 55.8 Å². The maximum atomic E-state index is 14.0. The number of hydrogen-bond acceptors (Lipinski definition) is 4. The van der Waals surface area contributed by atoms with Crippen LogP contribution in [-0.4, -0.2) is 49.0 Å². The van der Waals surface area contributed by atoms with Gasteiger partial charge in [0.15, 0.2) is 0 Å². The Morgan fingerprint density at radius 1 is 1.36 bits per heavy atom. The highest BCUT2D eigenvalue weighted by molar-refractivity contribution is 8.24. The predicted octanol–water partition coefficient (Wildman–Crippen LogP) is 4.54. The van der Waals surface area contributed by atoms with Crippen molar-refractivity contribution in [2.75, 3.05) is 6.54 Å². The van der Waals surface area contributed by atoms with Gasteiger partial charge in [0.1, 0.15) is 16.3 Å². The summed E-state index contributed by atoms with van der Waals surface area (Å²) in [6.45, 7) is 4.33. The number of amides is 2. The average molecular weight is 426 g/mol. The quantitative estimate of drug-likeness (QED) is 0.412. The summed E-state index contributed by atoms with van der Waals surface area (Å²) in [6.07, 6.45) is 5.10. The van der Waals surface area contributed by atoms with Crippen LogP contribution in [0.1, 0.15) is 51.5 Å². The van der Waals surface area contributed by atoms with Gasteiger partial charge in [0.05, 0.1) is 4.75 Å². The van der Waals surface area contributed by atoms with Crippen molar-refractivity contribution in [2.24, 2.45) is 0 Å². The molecule has 1 saturated heterocycles. The largest absolute Gasteiger partial charge is 0.343 e. The van der Waals surface area contributed by atoms with Crippen molar-refractivity contribution in [2.45, 2.75) is 69.3 Å². The third kappa shape index (κ3) is 4.78. The zero-order valence-electron chi connectivity index (χ0n) is 16.4. The monoisotopic (exact) mass is 425 g/mol. The fraction of sp³-hybridized carbons (Fsp3) is 0.600. The molecule has 1 atom stereocenters. The van der Waals surface area contributed by atoms with E-state index >= 15 is 0 Å². The van der Waals surface area contributed by atoms with Crippen LogP contribution in [0, 0.1) is 5.82 Å². The Balaban J connectivity index is 1.70. The van der Waals surface area contributed by atoms with Crippen LogP contribution in [0.15, 0.2) is 24.3 Å². The summed E-state index contributed by atoms with van der Waals surface area (Å²) in [5.74, 6) is -0.257. The Morgan fingerprint density at radius 3 is 2.71 bits per heavy atom. The summed E-state index contributed by atoms with van der Waals surface area (Å²) >= 11 is 6.96. The van der Waals surface area contributed by atoms with E-state index in [1.807, 2.05) is 18.7 Å².